The molecule has 0 saturated heterocycles. The number of benzene rings is 1. The lowest BCUT2D eigenvalue weighted by atomic mass is 10.3. The van der Waals surface area contributed by atoms with Gasteiger partial charge in [0.15, 0.2) is 10.3 Å². The summed E-state index contributed by atoms with van der Waals surface area (Å²) in [6, 6.07) is 11.2. The van der Waals surface area contributed by atoms with Crippen LogP contribution < -0.4 is 15.5 Å². The molecule has 3 N–H and O–H groups in total. The van der Waals surface area contributed by atoms with Crippen LogP contribution in [-0.2, 0) is 6.42 Å². The van der Waals surface area contributed by atoms with Gasteiger partial charge in [0.1, 0.15) is 16.5 Å². The maximum atomic E-state index is 13.2. The first-order chi connectivity index (χ1) is 16.1. The summed E-state index contributed by atoms with van der Waals surface area (Å²) in [4.78, 5) is 27.8. The number of nitrogens with one attached hydrogen (secondary N) is 2. The number of amidine groups is 1. The van der Waals surface area contributed by atoms with Gasteiger partial charge < -0.3 is 9.84 Å². The Balaban J connectivity index is 1.89. The van der Waals surface area contributed by atoms with Crippen molar-refractivity contribution in [3.63, 3.8) is 0 Å². The van der Waals surface area contributed by atoms with Crippen molar-refractivity contribution in [2.75, 3.05) is 26.1 Å². The molecule has 0 spiro atoms. The third-order valence-electron chi connectivity index (χ3n) is 4.05. The highest BCUT2D eigenvalue weighted by Gasteiger charge is 2.18. The summed E-state index contributed by atoms with van der Waals surface area (Å²) in [5, 5.41) is 18.8. The van der Waals surface area contributed by atoms with E-state index in [2.05, 4.69) is 37.5 Å². The normalized spacial score (nSPS) is 11.2. The van der Waals surface area contributed by atoms with Crippen molar-refractivity contribution in [3.8, 4) is 5.75 Å². The molecule has 0 bridgehead atoms. The molecule has 12 heteroatoms. The first-order valence-corrected chi connectivity index (χ1v) is 12.1. The van der Waals surface area contributed by atoms with Crippen LogP contribution in [0, 0.1) is 0 Å². The van der Waals surface area contributed by atoms with Crippen LogP contribution in [0.1, 0.15) is 16.2 Å². The van der Waals surface area contributed by atoms with E-state index in [0.717, 1.165) is 16.3 Å². The molecule has 172 valence electrons. The summed E-state index contributed by atoms with van der Waals surface area (Å²) in [6.45, 7) is 3.39. The third-order valence-corrected chi connectivity index (χ3v) is 6.82. The number of aliphatic hydroxyl groups excluding tert-OH is 1. The highest BCUT2D eigenvalue weighted by molar-refractivity contribution is 8.13. The number of thioether (sulfide) groups is 1. The van der Waals surface area contributed by atoms with Gasteiger partial charge in [0.2, 0.25) is 0 Å². The molecule has 1 amide bonds. The molecule has 0 unspecified atom stereocenters. The van der Waals surface area contributed by atoms with E-state index in [1.165, 1.54) is 34.9 Å². The smallest absolute Gasteiger partial charge is 0.277 e. The standard InChI is InChI=1S/C21H22N6O3S3/c1-22-20(27-23-2)33-17-9-8-16(32-15-6-4-14(30-3)5-7-15)18(25-17)19(29)26-21-24-13(10-11-28)12-31-21/h4-9,12,28H,2,10-11H2,1,3H3,(H,22,27)(H,24,26,29). The lowest BCUT2D eigenvalue weighted by Crippen LogP contribution is -2.16. The van der Waals surface area contributed by atoms with E-state index in [9.17, 15) is 4.79 Å². The number of methoxy groups -OCH3 is 1. The van der Waals surface area contributed by atoms with Gasteiger partial charge in [-0.1, -0.05) is 11.8 Å². The SMILES string of the molecule is C=NNC(=NC)Sc1ccc(Sc2ccc(OC)cc2)c(C(=O)Nc2nc(CCO)cs2)n1. The molecule has 9 nitrogen and oxygen atoms in total. The number of nitrogens with zero attached hydrogens (tertiary/aromatic N) is 4. The predicted molar refractivity (Wildman–Crippen MR) is 134 cm³/mol. The van der Waals surface area contributed by atoms with Gasteiger partial charge in [0.05, 0.1) is 12.8 Å². The first-order valence-electron chi connectivity index (χ1n) is 9.62. The van der Waals surface area contributed by atoms with Crippen molar-refractivity contribution in [1.82, 2.24) is 15.4 Å². The second kappa shape index (κ2) is 12.3. The highest BCUT2D eigenvalue weighted by atomic mass is 32.2. The zero-order valence-corrected chi connectivity index (χ0v) is 20.4. The van der Waals surface area contributed by atoms with Crippen molar-refractivity contribution in [2.45, 2.75) is 21.2 Å². The second-order valence-corrected chi connectivity index (χ2v) is 9.23. The van der Waals surface area contributed by atoms with E-state index in [1.54, 1.807) is 19.5 Å². The van der Waals surface area contributed by atoms with E-state index in [4.69, 9.17) is 9.84 Å². The maximum Gasteiger partial charge on any atom is 0.277 e. The van der Waals surface area contributed by atoms with Crippen LogP contribution in [0.2, 0.25) is 0 Å². The van der Waals surface area contributed by atoms with E-state index in [0.29, 0.717) is 26.6 Å². The molecule has 2 heterocycles. The van der Waals surface area contributed by atoms with E-state index >= 15 is 0 Å². The Hall–Kier alpha value is -2.93. The average molecular weight is 503 g/mol. The molecule has 0 saturated carbocycles. The number of aliphatic imine (C=N–C) groups is 1. The molecule has 1 aromatic carbocycles. The van der Waals surface area contributed by atoms with Crippen molar-refractivity contribution in [1.29, 1.82) is 0 Å². The van der Waals surface area contributed by atoms with Crippen LogP contribution in [0.4, 0.5) is 5.13 Å². The highest BCUT2D eigenvalue weighted by Crippen LogP contribution is 2.33. The van der Waals surface area contributed by atoms with Gasteiger partial charge in [-0.3, -0.25) is 20.5 Å². The molecule has 2 aromatic heterocycles. The van der Waals surface area contributed by atoms with Crippen LogP contribution in [-0.4, -0.2) is 53.6 Å². The number of anilines is 1. The van der Waals surface area contributed by atoms with Gasteiger partial charge in [0.25, 0.3) is 5.91 Å². The third kappa shape index (κ3) is 7.02. The summed E-state index contributed by atoms with van der Waals surface area (Å²) >= 11 is 3.94. The number of ether oxygens (including phenoxy) is 1. The van der Waals surface area contributed by atoms with E-state index in [1.807, 2.05) is 36.4 Å². The van der Waals surface area contributed by atoms with Crippen molar-refractivity contribution in [3.05, 3.63) is 53.2 Å². The Morgan fingerprint density at radius 3 is 2.70 bits per heavy atom. The van der Waals surface area contributed by atoms with Gasteiger partial charge in [-0.05, 0) is 48.2 Å². The second-order valence-electron chi connectivity index (χ2n) is 6.25. The topological polar surface area (TPSA) is 121 Å². The molecular formula is C21H22N6O3S3. The molecule has 3 rings (SSSR count). The molecular weight excluding hydrogens is 480 g/mol. The quantitative estimate of drug-likeness (QED) is 0.175. The number of hydrazone groups is 1. The largest absolute Gasteiger partial charge is 0.497 e. The number of carbonyl (C=O) groups excluding carboxylic acids is 1. The Morgan fingerprint density at radius 1 is 1.24 bits per heavy atom. The fourth-order valence-corrected chi connectivity index (χ4v) is 4.85. The van der Waals surface area contributed by atoms with Crippen molar-refractivity contribution >= 4 is 57.8 Å². The molecule has 0 aliphatic heterocycles. The number of aliphatic hydroxyl groups is 1. The van der Waals surface area contributed by atoms with Crippen LogP contribution in [0.25, 0.3) is 0 Å². The maximum absolute atomic E-state index is 13.2. The summed E-state index contributed by atoms with van der Waals surface area (Å²) in [6.07, 6.45) is 0.429. The van der Waals surface area contributed by atoms with Gasteiger partial charge in [-0.15, -0.1) is 11.3 Å². The first kappa shape index (κ1) is 24.7. The average Bonchev–Trinajstić information content (AvgIpc) is 3.27. The van der Waals surface area contributed by atoms with Crippen molar-refractivity contribution < 1.29 is 14.6 Å². The van der Waals surface area contributed by atoms with Crippen molar-refractivity contribution in [2.24, 2.45) is 10.1 Å². The fraction of sp³-hybridized carbons (Fsp3) is 0.190. The van der Waals surface area contributed by atoms with Crippen LogP contribution in [0.3, 0.4) is 0 Å². The van der Waals surface area contributed by atoms with Gasteiger partial charge >= 0.3 is 0 Å². The molecule has 0 aliphatic rings. The summed E-state index contributed by atoms with van der Waals surface area (Å²) in [7, 11) is 3.23. The zero-order chi connectivity index (χ0) is 23.6. The zero-order valence-electron chi connectivity index (χ0n) is 17.9. The monoisotopic (exact) mass is 502 g/mol. The van der Waals surface area contributed by atoms with Gasteiger partial charge in [-0.25, -0.2) is 9.97 Å². The molecule has 0 atom stereocenters. The number of hydrogen-bond acceptors (Lipinski definition) is 10. The Labute approximate surface area is 203 Å². The van der Waals surface area contributed by atoms with Gasteiger partial charge in [0, 0.05) is 42.0 Å². The minimum atomic E-state index is -0.386. The Morgan fingerprint density at radius 2 is 2.03 bits per heavy atom. The Kier molecular flexibility index (Phi) is 9.24. The Bertz CT molecular complexity index is 1130. The molecule has 33 heavy (non-hydrogen) atoms. The summed E-state index contributed by atoms with van der Waals surface area (Å²) in [5.74, 6) is 0.363. The van der Waals surface area contributed by atoms with E-state index < -0.39 is 0 Å². The number of hydrogen-bond donors (Lipinski definition) is 3. The van der Waals surface area contributed by atoms with Crippen LogP contribution >= 0.6 is 34.9 Å². The van der Waals surface area contributed by atoms with Crippen LogP contribution in [0.15, 0.2) is 66.7 Å². The predicted octanol–water partition coefficient (Wildman–Crippen LogP) is 3.77. The summed E-state index contributed by atoms with van der Waals surface area (Å²) < 4.78 is 5.21. The lowest BCUT2D eigenvalue weighted by Gasteiger charge is -2.11. The number of thiazole rings is 1. The molecule has 3 aromatic rings. The number of carbonyl (C=O) groups is 1. The summed E-state index contributed by atoms with van der Waals surface area (Å²) in [5.41, 5.74) is 3.66. The number of pyridine rings is 1. The molecule has 0 aliphatic carbocycles. The molecule has 0 fully saturated rings. The minimum absolute atomic E-state index is 0.00445. The number of aromatic nitrogens is 2. The van der Waals surface area contributed by atoms with Gasteiger partial charge in [-0.2, -0.15) is 5.10 Å². The van der Waals surface area contributed by atoms with Crippen LogP contribution in [0.5, 0.6) is 5.75 Å². The van der Waals surface area contributed by atoms with E-state index in [-0.39, 0.29) is 18.2 Å². The number of amides is 1. The molecule has 0 radical (unpaired) electrons. The minimum Gasteiger partial charge on any atom is -0.497 e. The number of rotatable bonds is 9. The fourth-order valence-electron chi connectivity index (χ4n) is 2.54. The lowest BCUT2D eigenvalue weighted by molar-refractivity contribution is 0.101.